The fraction of sp³-hybridized carbons (Fsp3) is 0.607. The Balaban J connectivity index is 1.39. The van der Waals surface area contributed by atoms with Gasteiger partial charge in [0.15, 0.2) is 0 Å². The molecule has 0 N–H and O–H groups in total. The predicted octanol–water partition coefficient (Wildman–Crippen LogP) is 7.27. The van der Waals surface area contributed by atoms with Gasteiger partial charge in [-0.15, -0.1) is 0 Å². The van der Waals surface area contributed by atoms with Crippen LogP contribution >= 0.6 is 0 Å². The fourth-order valence-corrected chi connectivity index (χ4v) is 6.71. The molecule has 0 spiro atoms. The highest BCUT2D eigenvalue weighted by atomic mass is 19.4. The average Bonchev–Trinajstić information content (AvgIpc) is 3.08. The molecule has 3 aliphatic rings. The lowest BCUT2D eigenvalue weighted by Gasteiger charge is -2.38. The first-order valence-corrected chi connectivity index (χ1v) is 13.1. The maximum Gasteiger partial charge on any atom is 0.420 e. The standard InChI is InChI=1S/C28H31F6NO3/c1-37-26(36)17-13-19-7-8-20(14-17)35(19)15-16-3-2-4-23-22(16)11-12-24(25(23)28(32,33)34)38-21-9-5-18(6-10-21)27(29,30)31/h2-4,11-12,17-21H,5-10,13-15H2,1H3. The SMILES string of the molecule is COC(=O)C1CC2CCC(C1)N2Cc1cccc2c(C(F)(F)F)c(OC3CCC(C(F)(F)F)CC3)ccc12. The van der Waals surface area contributed by atoms with Crippen LogP contribution in [0.5, 0.6) is 5.75 Å². The number of nitrogens with zero attached hydrogens (tertiary/aromatic N) is 1. The van der Waals surface area contributed by atoms with Gasteiger partial charge in [0.2, 0.25) is 0 Å². The Morgan fingerprint density at radius 2 is 1.55 bits per heavy atom. The van der Waals surface area contributed by atoms with E-state index in [2.05, 4.69) is 4.90 Å². The average molecular weight is 544 g/mol. The molecule has 3 fully saturated rings. The summed E-state index contributed by atoms with van der Waals surface area (Å²) in [5, 5.41) is 0.496. The Hall–Kier alpha value is -2.49. The Bertz CT molecular complexity index is 1160. The van der Waals surface area contributed by atoms with Crippen molar-refractivity contribution in [2.75, 3.05) is 7.11 Å². The smallest absolute Gasteiger partial charge is 0.420 e. The molecule has 2 atom stereocenters. The molecule has 2 saturated heterocycles. The van der Waals surface area contributed by atoms with Crippen LogP contribution in [0.1, 0.15) is 62.5 Å². The van der Waals surface area contributed by atoms with Gasteiger partial charge in [-0.25, -0.2) is 0 Å². The van der Waals surface area contributed by atoms with Crippen molar-refractivity contribution in [1.82, 2.24) is 4.90 Å². The summed E-state index contributed by atoms with van der Waals surface area (Å²) in [7, 11) is 1.39. The number of benzene rings is 2. The van der Waals surface area contributed by atoms with E-state index in [-0.39, 0.29) is 60.8 Å². The summed E-state index contributed by atoms with van der Waals surface area (Å²) in [5.41, 5.74) is -0.124. The molecule has 2 heterocycles. The van der Waals surface area contributed by atoms with Gasteiger partial charge in [0.25, 0.3) is 0 Å². The monoisotopic (exact) mass is 543 g/mol. The summed E-state index contributed by atoms with van der Waals surface area (Å²) in [6, 6.07) is 8.13. The molecule has 2 aromatic rings. The molecule has 5 rings (SSSR count). The first kappa shape index (κ1) is 27.1. The number of rotatable bonds is 5. The van der Waals surface area contributed by atoms with Crippen LogP contribution < -0.4 is 4.74 Å². The molecule has 4 nitrogen and oxygen atoms in total. The number of alkyl halides is 6. The summed E-state index contributed by atoms with van der Waals surface area (Å²) >= 11 is 0. The van der Waals surface area contributed by atoms with Crippen LogP contribution in [-0.4, -0.2) is 42.3 Å². The van der Waals surface area contributed by atoms with Crippen molar-refractivity contribution in [2.45, 2.75) is 88.5 Å². The van der Waals surface area contributed by atoms with Crippen molar-refractivity contribution in [1.29, 1.82) is 0 Å². The minimum atomic E-state index is -4.70. The molecule has 208 valence electrons. The number of piperidine rings is 1. The Labute approximate surface area is 217 Å². The summed E-state index contributed by atoms with van der Waals surface area (Å²) in [5.74, 6) is -2.13. The van der Waals surface area contributed by atoms with E-state index in [0.29, 0.717) is 24.8 Å². The number of carbonyl (C=O) groups is 1. The van der Waals surface area contributed by atoms with Crippen molar-refractivity contribution in [3.05, 3.63) is 41.5 Å². The third-order valence-corrected chi connectivity index (χ3v) is 8.60. The highest BCUT2D eigenvalue weighted by Crippen LogP contribution is 2.45. The van der Waals surface area contributed by atoms with E-state index in [9.17, 15) is 31.1 Å². The molecule has 2 unspecified atom stereocenters. The zero-order chi connectivity index (χ0) is 27.2. The summed E-state index contributed by atoms with van der Waals surface area (Å²) < 4.78 is 92.7. The van der Waals surface area contributed by atoms with Crippen LogP contribution in [-0.2, 0) is 22.3 Å². The molecule has 1 aliphatic carbocycles. The summed E-state index contributed by atoms with van der Waals surface area (Å²) in [6.45, 7) is 0.472. The molecule has 0 aromatic heterocycles. The van der Waals surface area contributed by atoms with Crippen LogP contribution in [0, 0.1) is 11.8 Å². The maximum atomic E-state index is 14.3. The topological polar surface area (TPSA) is 38.8 Å². The number of hydrogen-bond donors (Lipinski definition) is 0. The molecule has 10 heteroatoms. The molecule has 38 heavy (non-hydrogen) atoms. The minimum absolute atomic E-state index is 0.0215. The van der Waals surface area contributed by atoms with Crippen LogP contribution in [0.15, 0.2) is 30.3 Å². The number of fused-ring (bicyclic) bond motifs is 3. The van der Waals surface area contributed by atoms with Crippen LogP contribution in [0.3, 0.4) is 0 Å². The lowest BCUT2D eigenvalue weighted by atomic mass is 9.87. The number of carbonyl (C=O) groups excluding carboxylic acids is 1. The van der Waals surface area contributed by atoms with E-state index in [4.69, 9.17) is 9.47 Å². The molecule has 0 amide bonds. The van der Waals surface area contributed by atoms with Gasteiger partial charge in [-0.1, -0.05) is 24.3 Å². The van der Waals surface area contributed by atoms with Crippen LogP contribution in [0.2, 0.25) is 0 Å². The van der Waals surface area contributed by atoms with E-state index in [1.54, 1.807) is 12.1 Å². The van der Waals surface area contributed by atoms with Crippen molar-refractivity contribution < 1.29 is 40.6 Å². The second-order valence-corrected chi connectivity index (χ2v) is 10.8. The first-order chi connectivity index (χ1) is 18.0. The van der Waals surface area contributed by atoms with Crippen LogP contribution in [0.25, 0.3) is 10.8 Å². The van der Waals surface area contributed by atoms with Gasteiger partial charge in [-0.2, -0.15) is 26.3 Å². The first-order valence-electron chi connectivity index (χ1n) is 13.1. The molecule has 2 bridgehead atoms. The second-order valence-electron chi connectivity index (χ2n) is 10.8. The van der Waals surface area contributed by atoms with Crippen molar-refractivity contribution >= 4 is 16.7 Å². The minimum Gasteiger partial charge on any atom is -0.490 e. The molecular formula is C28H31F6NO3. The lowest BCUT2D eigenvalue weighted by Crippen LogP contribution is -2.44. The second kappa shape index (κ2) is 10.2. The molecule has 1 saturated carbocycles. The molecular weight excluding hydrogens is 512 g/mol. The van der Waals surface area contributed by atoms with Gasteiger partial charge < -0.3 is 9.47 Å². The quantitative estimate of drug-likeness (QED) is 0.294. The summed E-state index contributed by atoms with van der Waals surface area (Å²) in [6.07, 6.45) is -6.65. The van der Waals surface area contributed by atoms with Crippen molar-refractivity contribution in [2.24, 2.45) is 11.8 Å². The van der Waals surface area contributed by atoms with Gasteiger partial charge in [-0.3, -0.25) is 9.69 Å². The third-order valence-electron chi connectivity index (χ3n) is 8.60. The Morgan fingerprint density at radius 1 is 0.895 bits per heavy atom. The zero-order valence-corrected chi connectivity index (χ0v) is 21.1. The lowest BCUT2D eigenvalue weighted by molar-refractivity contribution is -0.185. The molecule has 2 aliphatic heterocycles. The predicted molar refractivity (Wildman–Crippen MR) is 128 cm³/mol. The highest BCUT2D eigenvalue weighted by Gasteiger charge is 2.44. The van der Waals surface area contributed by atoms with E-state index in [1.807, 2.05) is 6.07 Å². The van der Waals surface area contributed by atoms with E-state index in [0.717, 1.165) is 18.4 Å². The summed E-state index contributed by atoms with van der Waals surface area (Å²) in [4.78, 5) is 14.4. The van der Waals surface area contributed by atoms with E-state index < -0.39 is 29.9 Å². The number of methoxy groups -OCH3 is 1. The fourth-order valence-electron chi connectivity index (χ4n) is 6.71. The number of halogens is 6. The number of hydrogen-bond acceptors (Lipinski definition) is 4. The Morgan fingerprint density at radius 3 is 2.13 bits per heavy atom. The maximum absolute atomic E-state index is 14.3. The van der Waals surface area contributed by atoms with Gasteiger partial charge in [-0.05, 0) is 73.8 Å². The number of ether oxygens (including phenoxy) is 2. The van der Waals surface area contributed by atoms with E-state index in [1.165, 1.54) is 19.2 Å². The molecule has 0 radical (unpaired) electrons. The third kappa shape index (κ3) is 5.33. The van der Waals surface area contributed by atoms with E-state index >= 15 is 0 Å². The van der Waals surface area contributed by atoms with Gasteiger partial charge >= 0.3 is 18.3 Å². The normalized spacial score (nSPS) is 28.4. The number of esters is 1. The van der Waals surface area contributed by atoms with Crippen LogP contribution in [0.4, 0.5) is 26.3 Å². The van der Waals surface area contributed by atoms with Gasteiger partial charge in [0.05, 0.1) is 25.0 Å². The largest absolute Gasteiger partial charge is 0.490 e. The zero-order valence-electron chi connectivity index (χ0n) is 21.1. The van der Waals surface area contributed by atoms with Gasteiger partial charge in [0.1, 0.15) is 11.3 Å². The highest BCUT2D eigenvalue weighted by molar-refractivity contribution is 5.91. The van der Waals surface area contributed by atoms with Crippen molar-refractivity contribution in [3.63, 3.8) is 0 Å². The van der Waals surface area contributed by atoms with Crippen molar-refractivity contribution in [3.8, 4) is 5.75 Å². The molecule has 2 aromatic carbocycles. The Kier molecular flexibility index (Phi) is 7.30. The van der Waals surface area contributed by atoms with Gasteiger partial charge in [0, 0.05) is 18.6 Å².